The van der Waals surface area contributed by atoms with Gasteiger partial charge in [0.2, 0.25) is 0 Å². The summed E-state index contributed by atoms with van der Waals surface area (Å²) in [6.45, 7) is 5.96. The lowest BCUT2D eigenvalue weighted by atomic mass is 9.98. The second-order valence-corrected chi connectivity index (χ2v) is 7.07. The smallest absolute Gasteiger partial charge is 0.261 e. The van der Waals surface area contributed by atoms with Crippen molar-refractivity contribution in [1.29, 1.82) is 0 Å². The van der Waals surface area contributed by atoms with E-state index >= 15 is 0 Å². The largest absolute Gasteiger partial charge is 0.508 e. The number of nitrogens with one attached hydrogen (secondary N) is 1. The molecule has 1 atom stereocenters. The Balaban J connectivity index is 1.96. The third-order valence-electron chi connectivity index (χ3n) is 4.87. The third-order valence-corrected chi connectivity index (χ3v) is 4.87. The van der Waals surface area contributed by atoms with Crippen molar-refractivity contribution >= 4 is 11.6 Å². The zero-order valence-electron chi connectivity index (χ0n) is 15.9. The number of phenols is 2. The Morgan fingerprint density at radius 3 is 2.63 bits per heavy atom. The summed E-state index contributed by atoms with van der Waals surface area (Å²) in [5, 5.41) is 23.6. The van der Waals surface area contributed by atoms with Crippen LogP contribution in [-0.2, 0) is 4.74 Å². The van der Waals surface area contributed by atoms with Crippen molar-refractivity contribution in [3.63, 3.8) is 0 Å². The topological polar surface area (TPSA) is 82.0 Å². The molecule has 6 nitrogen and oxygen atoms in total. The van der Waals surface area contributed by atoms with Crippen molar-refractivity contribution in [2.45, 2.75) is 25.9 Å². The molecule has 3 N–H and O–H groups in total. The maximum absolute atomic E-state index is 13.1. The second-order valence-electron chi connectivity index (χ2n) is 7.07. The molecule has 1 unspecified atom stereocenters. The van der Waals surface area contributed by atoms with Gasteiger partial charge in [-0.25, -0.2) is 0 Å². The summed E-state index contributed by atoms with van der Waals surface area (Å²) in [6.07, 6.45) is -0.134. The highest BCUT2D eigenvalue weighted by Gasteiger charge is 2.25. The molecule has 2 aromatic rings. The monoisotopic (exact) mass is 370 g/mol. The molecule has 0 spiro atoms. The van der Waals surface area contributed by atoms with E-state index in [-0.39, 0.29) is 35.0 Å². The Kier molecular flexibility index (Phi) is 5.68. The Morgan fingerprint density at radius 2 is 1.96 bits per heavy atom. The first-order valence-electron chi connectivity index (χ1n) is 9.15. The van der Waals surface area contributed by atoms with Gasteiger partial charge in [0, 0.05) is 37.5 Å². The van der Waals surface area contributed by atoms with Gasteiger partial charge in [-0.3, -0.25) is 4.79 Å². The molecule has 1 aliphatic rings. The highest BCUT2D eigenvalue weighted by Crippen LogP contribution is 2.35. The molecule has 1 saturated heterocycles. The van der Waals surface area contributed by atoms with Crippen LogP contribution < -0.4 is 10.2 Å². The fourth-order valence-electron chi connectivity index (χ4n) is 3.35. The number of para-hydroxylation sites is 1. The fraction of sp³-hybridized carbons (Fsp3) is 0.381. The van der Waals surface area contributed by atoms with Crippen LogP contribution >= 0.6 is 0 Å². The zero-order chi connectivity index (χ0) is 19.6. The van der Waals surface area contributed by atoms with Crippen LogP contribution in [0.1, 0.15) is 47.4 Å². The predicted molar refractivity (Wildman–Crippen MR) is 105 cm³/mol. The van der Waals surface area contributed by atoms with Gasteiger partial charge in [0.15, 0.2) is 0 Å². The number of aromatic hydroxyl groups is 2. The van der Waals surface area contributed by atoms with Crippen molar-refractivity contribution < 1.29 is 19.7 Å². The van der Waals surface area contributed by atoms with E-state index in [1.165, 1.54) is 11.0 Å². The second kappa shape index (κ2) is 7.98. The molecule has 1 fully saturated rings. The number of carbonyl (C=O) groups excluding carboxylic acids is 1. The first-order valence-corrected chi connectivity index (χ1v) is 9.15. The number of phenolic OH excluding ortho intramolecular Hbond substituents is 2. The number of anilines is 1. The molecule has 1 aliphatic heterocycles. The average Bonchev–Trinajstić information content (AvgIpc) is 2.67. The normalized spacial score (nSPS) is 17.1. The van der Waals surface area contributed by atoms with Crippen molar-refractivity contribution in [2.75, 3.05) is 31.6 Å². The minimum absolute atomic E-state index is 0.0104. The van der Waals surface area contributed by atoms with Gasteiger partial charge in [0.1, 0.15) is 11.5 Å². The molecule has 0 bridgehead atoms. The highest BCUT2D eigenvalue weighted by atomic mass is 16.5. The fourth-order valence-corrected chi connectivity index (χ4v) is 3.35. The number of ether oxygens (including phenoxy) is 1. The van der Waals surface area contributed by atoms with Crippen molar-refractivity contribution in [1.82, 2.24) is 5.32 Å². The Morgan fingerprint density at radius 1 is 1.22 bits per heavy atom. The van der Waals surface area contributed by atoms with Crippen LogP contribution in [0.25, 0.3) is 0 Å². The first kappa shape index (κ1) is 19.2. The van der Waals surface area contributed by atoms with Gasteiger partial charge in [-0.2, -0.15) is 0 Å². The van der Waals surface area contributed by atoms with E-state index in [4.69, 9.17) is 4.74 Å². The van der Waals surface area contributed by atoms with Crippen LogP contribution in [-0.4, -0.2) is 42.9 Å². The number of nitrogens with zero attached hydrogens (tertiary/aromatic N) is 1. The third kappa shape index (κ3) is 3.91. The summed E-state index contributed by atoms with van der Waals surface area (Å²) in [4.78, 5) is 14.6. The molecule has 144 valence electrons. The van der Waals surface area contributed by atoms with E-state index in [0.717, 1.165) is 17.8 Å². The maximum atomic E-state index is 13.1. The van der Waals surface area contributed by atoms with Crippen LogP contribution in [0, 0.1) is 0 Å². The minimum atomic E-state index is -0.342. The molecular weight excluding hydrogens is 344 g/mol. The van der Waals surface area contributed by atoms with Crippen LogP contribution in [0.5, 0.6) is 11.5 Å². The molecule has 2 aromatic carbocycles. The average molecular weight is 370 g/mol. The molecule has 6 heteroatoms. The van der Waals surface area contributed by atoms with Gasteiger partial charge in [0.05, 0.1) is 18.3 Å². The lowest BCUT2D eigenvalue weighted by molar-refractivity contribution is 0.0280. The van der Waals surface area contributed by atoms with Crippen molar-refractivity contribution in [3.05, 3.63) is 53.1 Å². The zero-order valence-corrected chi connectivity index (χ0v) is 15.9. The minimum Gasteiger partial charge on any atom is -0.508 e. The van der Waals surface area contributed by atoms with Gasteiger partial charge in [-0.1, -0.05) is 32.0 Å². The van der Waals surface area contributed by atoms with Crippen LogP contribution in [0.2, 0.25) is 0 Å². The first-order chi connectivity index (χ1) is 12.9. The van der Waals surface area contributed by atoms with E-state index in [9.17, 15) is 15.0 Å². The molecular formula is C21H26N2O4. The number of morpholine rings is 1. The molecule has 0 aliphatic carbocycles. The highest BCUT2D eigenvalue weighted by molar-refractivity contribution is 6.08. The lowest BCUT2D eigenvalue weighted by Crippen LogP contribution is -2.35. The number of carbonyl (C=O) groups is 1. The molecule has 3 rings (SSSR count). The maximum Gasteiger partial charge on any atom is 0.261 e. The van der Waals surface area contributed by atoms with Gasteiger partial charge >= 0.3 is 0 Å². The van der Waals surface area contributed by atoms with E-state index < -0.39 is 0 Å². The Labute approximate surface area is 159 Å². The van der Waals surface area contributed by atoms with Gasteiger partial charge < -0.3 is 25.2 Å². The molecule has 0 saturated carbocycles. The summed E-state index contributed by atoms with van der Waals surface area (Å²) < 4.78 is 5.85. The van der Waals surface area contributed by atoms with Gasteiger partial charge in [0.25, 0.3) is 5.91 Å². The van der Waals surface area contributed by atoms with E-state index in [2.05, 4.69) is 5.32 Å². The van der Waals surface area contributed by atoms with E-state index in [1.54, 1.807) is 13.1 Å². The molecule has 0 radical (unpaired) electrons. The Bertz CT molecular complexity index is 829. The van der Waals surface area contributed by atoms with Gasteiger partial charge in [-0.05, 0) is 23.6 Å². The number of hydrogen-bond acceptors (Lipinski definition) is 5. The van der Waals surface area contributed by atoms with Crippen molar-refractivity contribution in [2.24, 2.45) is 0 Å². The van der Waals surface area contributed by atoms with E-state index in [1.807, 2.05) is 38.1 Å². The standard InChI is InChI=1S/C21H26N2O4/c1-13(2)15-10-16(19(25)11-18(15)24)21(26)23(3)17-7-5-4-6-14(17)20-12-22-8-9-27-20/h4-7,10-11,13,20,22,24-25H,8-9,12H2,1-3H3. The summed E-state index contributed by atoms with van der Waals surface area (Å²) in [5.41, 5.74) is 2.44. The molecule has 27 heavy (non-hydrogen) atoms. The van der Waals surface area contributed by atoms with Crippen molar-refractivity contribution in [3.8, 4) is 11.5 Å². The quantitative estimate of drug-likeness (QED) is 0.770. The molecule has 1 heterocycles. The Hall–Kier alpha value is -2.57. The van der Waals surface area contributed by atoms with Crippen LogP contribution in [0.15, 0.2) is 36.4 Å². The number of amides is 1. The summed E-state index contributed by atoms with van der Waals surface area (Å²) in [7, 11) is 1.68. The molecule has 0 aromatic heterocycles. The number of benzene rings is 2. The lowest BCUT2D eigenvalue weighted by Gasteiger charge is -2.29. The summed E-state index contributed by atoms with van der Waals surface area (Å²) >= 11 is 0. The van der Waals surface area contributed by atoms with E-state index in [0.29, 0.717) is 18.7 Å². The number of rotatable bonds is 4. The summed E-state index contributed by atoms with van der Waals surface area (Å²) in [6, 6.07) is 10.4. The predicted octanol–water partition coefficient (Wildman–Crippen LogP) is 3.16. The molecule has 1 amide bonds. The van der Waals surface area contributed by atoms with Crippen LogP contribution in [0.4, 0.5) is 5.69 Å². The van der Waals surface area contributed by atoms with Gasteiger partial charge in [-0.15, -0.1) is 0 Å². The van der Waals surface area contributed by atoms with Crippen LogP contribution in [0.3, 0.4) is 0 Å². The summed E-state index contributed by atoms with van der Waals surface area (Å²) in [5.74, 6) is -0.562. The number of hydrogen-bond donors (Lipinski definition) is 3. The SMILES string of the molecule is CC(C)c1cc(C(=O)N(C)c2ccccc2C2CNCCO2)c(O)cc1O.